The Bertz CT molecular complexity index is 264. The molecule has 0 aliphatic carbocycles. The Balaban J connectivity index is 2.46. The molecule has 78 valence electrons. The van der Waals surface area contributed by atoms with Crippen LogP contribution in [-0.4, -0.2) is 47.4 Å². The van der Waals surface area contributed by atoms with Crippen LogP contribution in [0, 0.1) is 0 Å². The number of carboxylic acid groups (broad SMARTS) is 1. The lowest BCUT2D eigenvalue weighted by Crippen LogP contribution is -2.34. The zero-order chi connectivity index (χ0) is 10.6. The van der Waals surface area contributed by atoms with Crippen molar-refractivity contribution in [3.05, 3.63) is 0 Å². The van der Waals surface area contributed by atoms with Crippen molar-refractivity contribution in [1.82, 2.24) is 10.2 Å². The SMILES string of the molecule is O=C(O)CCN1CCNC(=O)CC1=O. The van der Waals surface area contributed by atoms with Crippen LogP contribution >= 0.6 is 0 Å². The number of hydrogen-bond acceptors (Lipinski definition) is 3. The third kappa shape index (κ3) is 3.04. The van der Waals surface area contributed by atoms with E-state index in [-0.39, 0.29) is 31.2 Å². The second kappa shape index (κ2) is 4.59. The van der Waals surface area contributed by atoms with Gasteiger partial charge in [-0.1, -0.05) is 0 Å². The van der Waals surface area contributed by atoms with E-state index in [1.807, 2.05) is 0 Å². The summed E-state index contributed by atoms with van der Waals surface area (Å²) in [6, 6.07) is 0. The average Bonchev–Trinajstić information content (AvgIpc) is 2.23. The molecule has 14 heavy (non-hydrogen) atoms. The lowest BCUT2D eigenvalue weighted by atomic mass is 10.3. The molecule has 0 atom stereocenters. The number of carbonyl (C=O) groups excluding carboxylic acids is 2. The van der Waals surface area contributed by atoms with Gasteiger partial charge in [-0.25, -0.2) is 0 Å². The van der Waals surface area contributed by atoms with Crippen LogP contribution in [0.1, 0.15) is 12.8 Å². The molecule has 0 spiro atoms. The van der Waals surface area contributed by atoms with Gasteiger partial charge in [0.25, 0.3) is 0 Å². The average molecular weight is 200 g/mol. The first kappa shape index (κ1) is 10.5. The second-order valence-electron chi connectivity index (χ2n) is 3.05. The molecule has 2 amide bonds. The van der Waals surface area contributed by atoms with Gasteiger partial charge in [-0.15, -0.1) is 0 Å². The molecule has 1 aliphatic rings. The van der Waals surface area contributed by atoms with Gasteiger partial charge in [0.2, 0.25) is 11.8 Å². The lowest BCUT2D eigenvalue weighted by molar-refractivity contribution is -0.138. The number of amides is 2. The zero-order valence-corrected chi connectivity index (χ0v) is 7.65. The molecule has 0 unspecified atom stereocenters. The molecule has 0 aromatic rings. The van der Waals surface area contributed by atoms with Gasteiger partial charge in [0.05, 0.1) is 6.42 Å². The van der Waals surface area contributed by atoms with E-state index in [0.29, 0.717) is 13.1 Å². The molecular formula is C8H12N2O4. The Morgan fingerprint density at radius 2 is 2.21 bits per heavy atom. The van der Waals surface area contributed by atoms with Crippen molar-refractivity contribution in [2.45, 2.75) is 12.8 Å². The van der Waals surface area contributed by atoms with E-state index in [1.54, 1.807) is 0 Å². The molecule has 6 heteroatoms. The number of hydrogen-bond donors (Lipinski definition) is 2. The summed E-state index contributed by atoms with van der Waals surface area (Å²) < 4.78 is 0. The monoisotopic (exact) mass is 200 g/mol. The third-order valence-corrected chi connectivity index (χ3v) is 1.96. The molecule has 2 N–H and O–H groups in total. The van der Waals surface area contributed by atoms with E-state index in [2.05, 4.69) is 5.32 Å². The van der Waals surface area contributed by atoms with Crippen LogP contribution in [-0.2, 0) is 14.4 Å². The minimum absolute atomic E-state index is 0.0834. The van der Waals surface area contributed by atoms with E-state index in [0.717, 1.165) is 0 Å². The van der Waals surface area contributed by atoms with Gasteiger partial charge in [0, 0.05) is 19.6 Å². The van der Waals surface area contributed by atoms with Crippen LogP contribution in [0.2, 0.25) is 0 Å². The van der Waals surface area contributed by atoms with Gasteiger partial charge in [-0.3, -0.25) is 14.4 Å². The quantitative estimate of drug-likeness (QED) is 0.561. The number of aliphatic carboxylic acids is 1. The Hall–Kier alpha value is -1.59. The fourth-order valence-corrected chi connectivity index (χ4v) is 1.23. The molecule has 1 heterocycles. The summed E-state index contributed by atoms with van der Waals surface area (Å²) in [6.45, 7) is 0.950. The molecule has 0 bridgehead atoms. The number of nitrogens with one attached hydrogen (secondary N) is 1. The van der Waals surface area contributed by atoms with E-state index < -0.39 is 5.97 Å². The van der Waals surface area contributed by atoms with Crippen LogP contribution in [0.3, 0.4) is 0 Å². The van der Waals surface area contributed by atoms with Crippen LogP contribution < -0.4 is 5.32 Å². The summed E-state index contributed by atoms with van der Waals surface area (Å²) in [5.74, 6) is -1.55. The van der Waals surface area contributed by atoms with Crippen LogP contribution in [0.25, 0.3) is 0 Å². The zero-order valence-electron chi connectivity index (χ0n) is 7.65. The summed E-state index contributed by atoms with van der Waals surface area (Å²) in [7, 11) is 0. The highest BCUT2D eigenvalue weighted by Crippen LogP contribution is 1.99. The van der Waals surface area contributed by atoms with E-state index >= 15 is 0 Å². The van der Waals surface area contributed by atoms with Crippen LogP contribution in [0.5, 0.6) is 0 Å². The Kier molecular flexibility index (Phi) is 3.44. The lowest BCUT2D eigenvalue weighted by Gasteiger charge is -2.18. The van der Waals surface area contributed by atoms with E-state index in [4.69, 9.17) is 5.11 Å². The number of carbonyl (C=O) groups is 3. The Morgan fingerprint density at radius 3 is 2.86 bits per heavy atom. The maximum Gasteiger partial charge on any atom is 0.305 e. The molecule has 1 aliphatic heterocycles. The van der Waals surface area contributed by atoms with Crippen molar-refractivity contribution in [3.8, 4) is 0 Å². The van der Waals surface area contributed by atoms with Gasteiger partial charge in [-0.05, 0) is 0 Å². The van der Waals surface area contributed by atoms with Crippen molar-refractivity contribution < 1.29 is 19.5 Å². The fraction of sp³-hybridized carbons (Fsp3) is 0.625. The van der Waals surface area contributed by atoms with Crippen molar-refractivity contribution >= 4 is 17.8 Å². The van der Waals surface area contributed by atoms with E-state index in [1.165, 1.54) is 4.90 Å². The Labute approximate surface area is 80.9 Å². The standard InChI is InChI=1S/C8H12N2O4/c11-6-5-7(12)10(4-2-9-6)3-1-8(13)14/h1-5H2,(H,9,11)(H,13,14). The smallest absolute Gasteiger partial charge is 0.305 e. The predicted octanol–water partition coefficient (Wildman–Crippen LogP) is -1.19. The fourth-order valence-electron chi connectivity index (χ4n) is 1.23. The topological polar surface area (TPSA) is 86.7 Å². The summed E-state index contributed by atoms with van der Waals surface area (Å²) in [5, 5.41) is 11.0. The first-order valence-corrected chi connectivity index (χ1v) is 4.36. The summed E-state index contributed by atoms with van der Waals surface area (Å²) in [4.78, 5) is 33.9. The molecule has 1 saturated heterocycles. The molecule has 0 radical (unpaired) electrons. The first-order valence-electron chi connectivity index (χ1n) is 4.36. The molecule has 1 fully saturated rings. The Morgan fingerprint density at radius 1 is 1.50 bits per heavy atom. The minimum atomic E-state index is -0.943. The highest BCUT2D eigenvalue weighted by Gasteiger charge is 2.20. The van der Waals surface area contributed by atoms with Crippen molar-refractivity contribution in [2.24, 2.45) is 0 Å². The maximum atomic E-state index is 11.3. The molecule has 0 aromatic heterocycles. The van der Waals surface area contributed by atoms with Crippen LogP contribution in [0.15, 0.2) is 0 Å². The summed E-state index contributed by atoms with van der Waals surface area (Å²) >= 11 is 0. The summed E-state index contributed by atoms with van der Waals surface area (Å²) in [6.07, 6.45) is -0.264. The highest BCUT2D eigenvalue weighted by atomic mass is 16.4. The van der Waals surface area contributed by atoms with Gasteiger partial charge in [0.1, 0.15) is 6.42 Å². The van der Waals surface area contributed by atoms with E-state index in [9.17, 15) is 14.4 Å². The van der Waals surface area contributed by atoms with Crippen molar-refractivity contribution in [1.29, 1.82) is 0 Å². The molecule has 6 nitrogen and oxygen atoms in total. The normalized spacial score (nSPS) is 17.6. The molecule has 0 aromatic carbocycles. The van der Waals surface area contributed by atoms with Gasteiger partial charge >= 0.3 is 5.97 Å². The largest absolute Gasteiger partial charge is 0.481 e. The highest BCUT2D eigenvalue weighted by molar-refractivity contribution is 5.97. The molecule has 1 rings (SSSR count). The predicted molar refractivity (Wildman–Crippen MR) is 46.5 cm³/mol. The van der Waals surface area contributed by atoms with Crippen molar-refractivity contribution in [2.75, 3.05) is 19.6 Å². The van der Waals surface area contributed by atoms with Gasteiger partial charge in [0.15, 0.2) is 0 Å². The maximum absolute atomic E-state index is 11.3. The van der Waals surface area contributed by atoms with Gasteiger partial charge < -0.3 is 15.3 Å². The van der Waals surface area contributed by atoms with Crippen molar-refractivity contribution in [3.63, 3.8) is 0 Å². The second-order valence-corrected chi connectivity index (χ2v) is 3.05. The number of carboxylic acids is 1. The minimum Gasteiger partial charge on any atom is -0.481 e. The third-order valence-electron chi connectivity index (χ3n) is 1.96. The number of nitrogens with zero attached hydrogens (tertiary/aromatic N) is 1. The van der Waals surface area contributed by atoms with Crippen LogP contribution in [0.4, 0.5) is 0 Å². The number of rotatable bonds is 3. The first-order chi connectivity index (χ1) is 6.59. The molecular weight excluding hydrogens is 188 g/mol. The molecule has 0 saturated carbocycles. The summed E-state index contributed by atoms with van der Waals surface area (Å²) in [5.41, 5.74) is 0. The van der Waals surface area contributed by atoms with Gasteiger partial charge in [-0.2, -0.15) is 0 Å².